The minimum Gasteiger partial charge on any atom is -0.481 e. The summed E-state index contributed by atoms with van der Waals surface area (Å²) >= 11 is 0. The number of carbonyl (C=O) groups is 2. The summed E-state index contributed by atoms with van der Waals surface area (Å²) in [5.41, 5.74) is 3.51. The number of nitrogens with one attached hydrogen (secondary N) is 1. The van der Waals surface area contributed by atoms with Crippen LogP contribution in [-0.2, 0) is 30.6 Å². The molecule has 1 aromatic heterocycles. The molecule has 236 valence electrons. The van der Waals surface area contributed by atoms with Crippen LogP contribution in [-0.4, -0.2) is 59.4 Å². The first-order valence-electron chi connectivity index (χ1n) is 15.4. The van der Waals surface area contributed by atoms with Gasteiger partial charge < -0.3 is 19.6 Å². The molecule has 2 heterocycles. The molecule has 1 atom stereocenters. The van der Waals surface area contributed by atoms with E-state index in [1.54, 1.807) is 41.3 Å². The number of aryl methyl sites for hydroxylation is 1. The number of hydrogen-bond acceptors (Lipinski definition) is 9. The molecule has 11 heteroatoms. The fraction of sp³-hybridized carbons (Fsp3) is 0.382. The second kappa shape index (κ2) is 12.7. The largest absolute Gasteiger partial charge is 0.481 e. The Bertz CT molecular complexity index is 1790. The molecular formula is C34H37N3O7S. The third kappa shape index (κ3) is 6.12. The quantitative estimate of drug-likeness (QED) is 0.206. The van der Waals surface area contributed by atoms with Crippen LogP contribution in [0.3, 0.4) is 0 Å². The molecule has 0 bridgehead atoms. The predicted molar refractivity (Wildman–Crippen MR) is 169 cm³/mol. The number of aliphatic carboxylic acids is 1. The van der Waals surface area contributed by atoms with Crippen molar-refractivity contribution >= 4 is 44.4 Å². The molecule has 10 nitrogen and oxygen atoms in total. The van der Waals surface area contributed by atoms with Gasteiger partial charge in [0.15, 0.2) is 5.58 Å². The molecular weight excluding hydrogens is 594 g/mol. The second-order valence-corrected chi connectivity index (χ2v) is 13.9. The predicted octanol–water partition coefficient (Wildman–Crippen LogP) is 5.87. The molecule has 4 aromatic rings. The topological polar surface area (TPSA) is 139 Å². The first-order valence-corrected chi connectivity index (χ1v) is 16.9. The molecule has 2 N–H and O–H groups in total. The molecule has 0 amide bonds. The Kier molecular flexibility index (Phi) is 8.76. The maximum Gasteiger partial charge on any atom is 0.306 e. The highest BCUT2D eigenvalue weighted by Gasteiger charge is 2.58. The summed E-state index contributed by atoms with van der Waals surface area (Å²) in [6, 6.07) is 21.2. The number of rotatable bonds is 11. The molecule has 1 aliphatic heterocycles. The molecule has 1 saturated heterocycles. The highest BCUT2D eigenvalue weighted by molar-refractivity contribution is 7.93. The van der Waals surface area contributed by atoms with E-state index in [-0.39, 0.29) is 11.3 Å². The highest BCUT2D eigenvalue weighted by Crippen LogP contribution is 2.40. The highest BCUT2D eigenvalue weighted by atomic mass is 32.2. The van der Waals surface area contributed by atoms with Crippen molar-refractivity contribution in [2.45, 2.75) is 67.9 Å². The van der Waals surface area contributed by atoms with E-state index in [9.17, 15) is 23.1 Å². The van der Waals surface area contributed by atoms with Crippen LogP contribution < -0.4 is 5.32 Å². The fourth-order valence-corrected chi connectivity index (χ4v) is 8.37. The summed E-state index contributed by atoms with van der Waals surface area (Å²) in [7, 11) is -4.38. The number of nitrogens with zero attached hydrogens (tertiary/aromatic N) is 2. The number of fused-ring (bicyclic) bond motifs is 1. The number of hydrogen-bond donors (Lipinski definition) is 2. The third-order valence-electron chi connectivity index (χ3n) is 8.85. The van der Waals surface area contributed by atoms with Crippen LogP contribution in [0.1, 0.15) is 49.7 Å². The van der Waals surface area contributed by atoms with Crippen molar-refractivity contribution in [3.63, 3.8) is 0 Å². The van der Waals surface area contributed by atoms with Gasteiger partial charge in [0.1, 0.15) is 5.52 Å². The molecule has 2 aliphatic rings. The van der Waals surface area contributed by atoms with Crippen molar-refractivity contribution in [1.82, 2.24) is 9.88 Å². The number of sulfone groups is 1. The SMILES string of the molecule is Cc1ccccc1Nc1nc2ccc(CC(=O)C(O[C@H]3CC[C@H](C(=O)O)CC3)(N3CCCC3)S(=O)(=O)c3ccccc3)cc2o1. The number of para-hydroxylation sites is 1. The van der Waals surface area contributed by atoms with Gasteiger partial charge in [0, 0.05) is 25.2 Å². The number of oxazole rings is 1. The van der Waals surface area contributed by atoms with Gasteiger partial charge in [-0.3, -0.25) is 14.5 Å². The van der Waals surface area contributed by atoms with E-state index in [0.717, 1.165) is 24.1 Å². The summed E-state index contributed by atoms with van der Waals surface area (Å²) in [5.74, 6) is -1.97. The number of anilines is 2. The van der Waals surface area contributed by atoms with Crippen molar-refractivity contribution in [3.05, 3.63) is 83.9 Å². The Hall–Kier alpha value is -4.06. The lowest BCUT2D eigenvalue weighted by Crippen LogP contribution is -2.62. The number of ketones is 1. The van der Waals surface area contributed by atoms with Crippen LogP contribution in [0.2, 0.25) is 0 Å². The zero-order valence-electron chi connectivity index (χ0n) is 25.1. The lowest BCUT2D eigenvalue weighted by atomic mass is 9.87. The average molecular weight is 632 g/mol. The Morgan fingerprint density at radius 1 is 1.00 bits per heavy atom. The summed E-state index contributed by atoms with van der Waals surface area (Å²) in [4.78, 5) is 32.4. The average Bonchev–Trinajstić information content (AvgIpc) is 3.72. The van der Waals surface area contributed by atoms with E-state index in [1.807, 2.05) is 31.2 Å². The van der Waals surface area contributed by atoms with E-state index in [2.05, 4.69) is 10.3 Å². The van der Waals surface area contributed by atoms with Crippen molar-refractivity contribution in [2.24, 2.45) is 5.92 Å². The fourth-order valence-electron chi connectivity index (χ4n) is 6.38. The molecule has 1 aliphatic carbocycles. The van der Waals surface area contributed by atoms with Crippen LogP contribution >= 0.6 is 0 Å². The molecule has 2 fully saturated rings. The van der Waals surface area contributed by atoms with E-state index in [4.69, 9.17) is 9.15 Å². The van der Waals surface area contributed by atoms with Crippen molar-refractivity contribution in [2.75, 3.05) is 18.4 Å². The number of aromatic nitrogens is 1. The van der Waals surface area contributed by atoms with Crippen molar-refractivity contribution < 1.29 is 32.3 Å². The minimum absolute atomic E-state index is 0.00193. The minimum atomic E-state index is -4.38. The van der Waals surface area contributed by atoms with Crippen LogP contribution in [0, 0.1) is 12.8 Å². The number of ether oxygens (including phenoxy) is 1. The van der Waals surface area contributed by atoms with E-state index in [0.29, 0.717) is 61.5 Å². The number of carbonyl (C=O) groups excluding carboxylic acids is 1. The van der Waals surface area contributed by atoms with Crippen molar-refractivity contribution in [3.8, 4) is 0 Å². The normalized spacial score (nSPS) is 20.6. The monoisotopic (exact) mass is 631 g/mol. The Morgan fingerprint density at radius 2 is 1.69 bits per heavy atom. The maximum absolute atomic E-state index is 14.6. The Balaban J connectivity index is 1.35. The smallest absolute Gasteiger partial charge is 0.306 e. The number of carboxylic acid groups (broad SMARTS) is 1. The lowest BCUT2D eigenvalue weighted by Gasteiger charge is -2.42. The molecule has 3 aromatic carbocycles. The zero-order valence-corrected chi connectivity index (χ0v) is 26.0. The Morgan fingerprint density at radius 3 is 2.38 bits per heavy atom. The molecule has 0 radical (unpaired) electrons. The van der Waals surface area contributed by atoms with Crippen LogP contribution in [0.15, 0.2) is 82.1 Å². The lowest BCUT2D eigenvalue weighted by molar-refractivity contribution is -0.168. The molecule has 6 rings (SSSR count). The molecule has 0 spiro atoms. The number of benzene rings is 3. The molecule has 1 saturated carbocycles. The number of Topliss-reactive ketones (excluding diaryl/α,β-unsaturated/α-hetero) is 1. The van der Waals surface area contributed by atoms with Gasteiger partial charge in [-0.2, -0.15) is 4.98 Å². The summed E-state index contributed by atoms with van der Waals surface area (Å²) in [6.45, 7) is 2.75. The van der Waals surface area contributed by atoms with E-state index >= 15 is 0 Å². The second-order valence-electron chi connectivity index (χ2n) is 11.9. The number of likely N-dealkylation sites (tertiary alicyclic amines) is 1. The van der Waals surface area contributed by atoms with Crippen molar-refractivity contribution in [1.29, 1.82) is 0 Å². The van der Waals surface area contributed by atoms with Gasteiger partial charge in [-0.25, -0.2) is 8.42 Å². The maximum atomic E-state index is 14.6. The first-order chi connectivity index (χ1) is 21.7. The van der Waals surface area contributed by atoms with Gasteiger partial charge in [-0.05, 0) is 86.9 Å². The summed E-state index contributed by atoms with van der Waals surface area (Å²) < 4.78 is 41.8. The van der Waals surface area contributed by atoms with Gasteiger partial charge in [0.2, 0.25) is 15.6 Å². The van der Waals surface area contributed by atoms with E-state index in [1.165, 1.54) is 12.1 Å². The molecule has 1 unspecified atom stereocenters. The zero-order chi connectivity index (χ0) is 31.6. The number of carboxylic acids is 1. The Labute approximate surface area is 262 Å². The summed E-state index contributed by atoms with van der Waals surface area (Å²) in [5, 5.41) is 10.4. The van der Waals surface area contributed by atoms with Gasteiger partial charge >= 0.3 is 5.97 Å². The van der Waals surface area contributed by atoms with Gasteiger partial charge in [0.25, 0.3) is 11.1 Å². The van der Waals surface area contributed by atoms with E-state index < -0.39 is 38.7 Å². The standard InChI is InChI=1S/C34H37N3O7S/c1-23-9-5-6-12-28(23)35-33-36-29-18-13-24(21-30(29)43-33)22-31(38)34(37-19-7-8-20-37,45(41,42)27-10-3-2-4-11-27)44-26-16-14-25(15-17-26)32(39)40/h2-6,9-13,18,21,25-26H,7-8,14-17,19-20,22H2,1H3,(H,35,36)(H,39,40)/t25-,26-,34?. The van der Waals surface area contributed by atoms with Gasteiger partial charge in [-0.15, -0.1) is 0 Å². The van der Waals surface area contributed by atoms with Crippen LogP contribution in [0.5, 0.6) is 0 Å². The third-order valence-corrected chi connectivity index (χ3v) is 11.0. The van der Waals surface area contributed by atoms with Crippen LogP contribution in [0.4, 0.5) is 11.7 Å². The van der Waals surface area contributed by atoms with Crippen LogP contribution in [0.25, 0.3) is 11.1 Å². The summed E-state index contributed by atoms with van der Waals surface area (Å²) in [6.07, 6.45) is 2.08. The van der Waals surface area contributed by atoms with Gasteiger partial charge in [-0.1, -0.05) is 42.5 Å². The van der Waals surface area contributed by atoms with Gasteiger partial charge in [0.05, 0.1) is 16.9 Å². The molecule has 45 heavy (non-hydrogen) atoms. The first kappa shape index (κ1) is 30.9.